The summed E-state index contributed by atoms with van der Waals surface area (Å²) in [6.07, 6.45) is 0.397. The highest BCUT2D eigenvalue weighted by molar-refractivity contribution is 6.05. The quantitative estimate of drug-likeness (QED) is 0.589. The van der Waals surface area contributed by atoms with Gasteiger partial charge in [0.05, 0.1) is 29.5 Å². The number of para-hydroxylation sites is 1. The molecule has 2 aromatic carbocycles. The molecule has 0 aromatic heterocycles. The Bertz CT molecular complexity index is 1240. The summed E-state index contributed by atoms with van der Waals surface area (Å²) in [6, 6.07) is 10.2. The summed E-state index contributed by atoms with van der Waals surface area (Å²) in [7, 11) is 0. The number of hydrogen-bond acceptors (Lipinski definition) is 3. The highest BCUT2D eigenvalue weighted by Gasteiger charge is 2.47. The minimum absolute atomic E-state index is 0.0702. The van der Waals surface area contributed by atoms with Gasteiger partial charge in [-0.3, -0.25) is 14.5 Å². The second kappa shape index (κ2) is 10.1. The van der Waals surface area contributed by atoms with E-state index in [1.807, 2.05) is 52.8 Å². The van der Waals surface area contributed by atoms with Gasteiger partial charge in [0.15, 0.2) is 0 Å². The van der Waals surface area contributed by atoms with Gasteiger partial charge in [-0.2, -0.15) is 0 Å². The van der Waals surface area contributed by atoms with Crippen molar-refractivity contribution in [1.29, 1.82) is 0 Å². The average molecular weight is 493 g/mol. The molecule has 0 spiro atoms. The Balaban J connectivity index is 1.71. The Kier molecular flexibility index (Phi) is 7.15. The molecule has 2 N–H and O–H groups in total. The SMILES string of the molecule is CCN1C(=O)NC(c2ccc(C)cc2C)C2=C1CN(C(CC(C)C)C(=O)Nc1ccccc1F)C2=O. The summed E-state index contributed by atoms with van der Waals surface area (Å²) < 4.78 is 14.3. The normalized spacial score (nSPS) is 18.5. The first-order chi connectivity index (χ1) is 17.1. The zero-order chi connectivity index (χ0) is 26.1. The molecule has 7 nitrogen and oxygen atoms in total. The maximum atomic E-state index is 14.3. The van der Waals surface area contributed by atoms with E-state index in [2.05, 4.69) is 10.6 Å². The summed E-state index contributed by atoms with van der Waals surface area (Å²) in [6.45, 7) is 10.3. The van der Waals surface area contributed by atoms with Crippen LogP contribution >= 0.6 is 0 Å². The summed E-state index contributed by atoms with van der Waals surface area (Å²) in [5.74, 6) is -1.18. The Morgan fingerprint density at radius 2 is 1.89 bits per heavy atom. The molecular formula is C28H33FN4O3. The number of amides is 4. The summed E-state index contributed by atoms with van der Waals surface area (Å²) in [5.41, 5.74) is 4.08. The highest BCUT2D eigenvalue weighted by atomic mass is 19.1. The first kappa shape index (κ1) is 25.4. The van der Waals surface area contributed by atoms with Crippen molar-refractivity contribution in [3.8, 4) is 0 Å². The minimum Gasteiger partial charge on any atom is -0.326 e. The van der Waals surface area contributed by atoms with Crippen molar-refractivity contribution < 1.29 is 18.8 Å². The highest BCUT2D eigenvalue weighted by Crippen LogP contribution is 2.39. The van der Waals surface area contributed by atoms with Gasteiger partial charge < -0.3 is 15.5 Å². The number of carbonyl (C=O) groups is 3. The first-order valence-corrected chi connectivity index (χ1v) is 12.4. The third-order valence-corrected chi connectivity index (χ3v) is 6.81. The molecule has 4 amide bonds. The lowest BCUT2D eigenvalue weighted by Gasteiger charge is -2.33. The van der Waals surface area contributed by atoms with Crippen LogP contribution in [0.3, 0.4) is 0 Å². The number of urea groups is 1. The monoisotopic (exact) mass is 492 g/mol. The number of hydrogen-bond donors (Lipinski definition) is 2. The zero-order valence-corrected chi connectivity index (χ0v) is 21.4. The molecule has 0 fully saturated rings. The van der Waals surface area contributed by atoms with E-state index in [0.717, 1.165) is 16.7 Å². The second-order valence-corrected chi connectivity index (χ2v) is 9.89. The number of nitrogens with zero attached hydrogens (tertiary/aromatic N) is 2. The standard InChI is InChI=1S/C28H33FN4O3/c1-6-32-23-15-33(22(13-16(2)3)26(34)30-21-10-8-7-9-20(21)29)27(35)24(23)25(31-28(32)36)19-12-11-17(4)14-18(19)5/h7-12,14,16,22,25H,6,13,15H2,1-5H3,(H,30,34)(H,31,36). The van der Waals surface area contributed by atoms with Crippen LogP contribution in [-0.2, 0) is 9.59 Å². The molecule has 2 aliphatic rings. The molecule has 2 aromatic rings. The summed E-state index contributed by atoms with van der Waals surface area (Å²) in [4.78, 5) is 43.5. The van der Waals surface area contributed by atoms with Crippen molar-refractivity contribution in [3.63, 3.8) is 0 Å². The number of nitrogens with one attached hydrogen (secondary N) is 2. The summed E-state index contributed by atoms with van der Waals surface area (Å²) in [5, 5.41) is 5.67. The van der Waals surface area contributed by atoms with Gasteiger partial charge in [0.25, 0.3) is 5.91 Å². The van der Waals surface area contributed by atoms with E-state index in [0.29, 0.717) is 24.2 Å². The molecule has 190 valence electrons. The molecule has 2 aliphatic heterocycles. The molecule has 0 aliphatic carbocycles. The van der Waals surface area contributed by atoms with Gasteiger partial charge in [0.2, 0.25) is 5.91 Å². The second-order valence-electron chi connectivity index (χ2n) is 9.89. The van der Waals surface area contributed by atoms with Crippen molar-refractivity contribution >= 4 is 23.5 Å². The number of carbonyl (C=O) groups excluding carboxylic acids is 3. The lowest BCUT2D eigenvalue weighted by molar-refractivity contribution is -0.134. The van der Waals surface area contributed by atoms with Gasteiger partial charge in [-0.15, -0.1) is 0 Å². The van der Waals surface area contributed by atoms with E-state index >= 15 is 0 Å². The van der Waals surface area contributed by atoms with Crippen LogP contribution in [0.15, 0.2) is 53.7 Å². The minimum atomic E-state index is -0.823. The van der Waals surface area contributed by atoms with Gasteiger partial charge in [-0.25, -0.2) is 9.18 Å². The van der Waals surface area contributed by atoms with Crippen LogP contribution in [0.4, 0.5) is 14.9 Å². The smallest absolute Gasteiger partial charge is 0.322 e. The first-order valence-electron chi connectivity index (χ1n) is 12.4. The molecule has 0 bridgehead atoms. The number of halogens is 1. The third-order valence-electron chi connectivity index (χ3n) is 6.81. The van der Waals surface area contributed by atoms with Crippen molar-refractivity contribution in [3.05, 3.63) is 76.2 Å². The Hall–Kier alpha value is -3.68. The van der Waals surface area contributed by atoms with E-state index in [1.54, 1.807) is 17.0 Å². The molecule has 2 atom stereocenters. The number of anilines is 1. The largest absolute Gasteiger partial charge is 0.326 e. The Labute approximate surface area is 211 Å². The topological polar surface area (TPSA) is 81.8 Å². The van der Waals surface area contributed by atoms with E-state index in [9.17, 15) is 18.8 Å². The molecular weight excluding hydrogens is 459 g/mol. The van der Waals surface area contributed by atoms with E-state index in [-0.39, 0.29) is 30.1 Å². The molecule has 8 heteroatoms. The molecule has 0 radical (unpaired) electrons. The maximum Gasteiger partial charge on any atom is 0.322 e. The number of rotatable bonds is 7. The number of aryl methyl sites for hydroxylation is 2. The summed E-state index contributed by atoms with van der Waals surface area (Å²) >= 11 is 0. The predicted octanol–water partition coefficient (Wildman–Crippen LogP) is 4.68. The van der Waals surface area contributed by atoms with Crippen LogP contribution in [0.2, 0.25) is 0 Å². The molecule has 4 rings (SSSR count). The van der Waals surface area contributed by atoms with Crippen molar-refractivity contribution in [2.75, 3.05) is 18.4 Å². The maximum absolute atomic E-state index is 14.3. The average Bonchev–Trinajstić information content (AvgIpc) is 3.15. The number of likely N-dealkylation sites (N-methyl/N-ethyl adjacent to an activating group) is 1. The van der Waals surface area contributed by atoms with E-state index in [1.165, 1.54) is 17.0 Å². The predicted molar refractivity (Wildman–Crippen MR) is 137 cm³/mol. The van der Waals surface area contributed by atoms with E-state index in [4.69, 9.17) is 0 Å². The van der Waals surface area contributed by atoms with Gasteiger partial charge in [0, 0.05) is 6.54 Å². The van der Waals surface area contributed by atoms with Gasteiger partial charge >= 0.3 is 6.03 Å². The van der Waals surface area contributed by atoms with Crippen LogP contribution in [0.25, 0.3) is 0 Å². The fraction of sp³-hybridized carbons (Fsp3) is 0.393. The molecule has 0 saturated carbocycles. The van der Waals surface area contributed by atoms with Crippen LogP contribution < -0.4 is 10.6 Å². The molecule has 36 heavy (non-hydrogen) atoms. The van der Waals surface area contributed by atoms with E-state index < -0.39 is 23.8 Å². The van der Waals surface area contributed by atoms with Crippen LogP contribution in [-0.4, -0.2) is 46.8 Å². The van der Waals surface area contributed by atoms with Gasteiger partial charge in [-0.05, 0) is 56.4 Å². The molecule has 0 saturated heterocycles. The lowest BCUT2D eigenvalue weighted by Crippen LogP contribution is -2.47. The van der Waals surface area contributed by atoms with Crippen molar-refractivity contribution in [2.24, 2.45) is 5.92 Å². The van der Waals surface area contributed by atoms with Crippen LogP contribution in [0.1, 0.15) is 49.9 Å². The zero-order valence-electron chi connectivity index (χ0n) is 21.4. The lowest BCUT2D eigenvalue weighted by atomic mass is 9.91. The van der Waals surface area contributed by atoms with Crippen LogP contribution in [0, 0.1) is 25.6 Å². The Morgan fingerprint density at radius 1 is 1.17 bits per heavy atom. The van der Waals surface area contributed by atoms with Gasteiger partial charge in [-0.1, -0.05) is 49.7 Å². The fourth-order valence-electron chi connectivity index (χ4n) is 5.08. The Morgan fingerprint density at radius 3 is 2.53 bits per heavy atom. The number of benzene rings is 2. The fourth-order valence-corrected chi connectivity index (χ4v) is 5.08. The van der Waals surface area contributed by atoms with Crippen molar-refractivity contribution in [1.82, 2.24) is 15.1 Å². The molecule has 2 unspecified atom stereocenters. The van der Waals surface area contributed by atoms with Crippen LogP contribution in [0.5, 0.6) is 0 Å². The third kappa shape index (κ3) is 4.72. The van der Waals surface area contributed by atoms with Gasteiger partial charge in [0.1, 0.15) is 11.9 Å². The molecule has 2 heterocycles. The van der Waals surface area contributed by atoms with Crippen molar-refractivity contribution in [2.45, 2.75) is 53.1 Å².